The summed E-state index contributed by atoms with van der Waals surface area (Å²) >= 11 is 0. The van der Waals surface area contributed by atoms with Crippen LogP contribution in [0.2, 0.25) is 0 Å². The van der Waals surface area contributed by atoms with Gasteiger partial charge in [0, 0.05) is 11.6 Å². The molecule has 0 amide bonds. The number of nitrogens with zero attached hydrogens (tertiary/aromatic N) is 1. The Kier molecular flexibility index (Phi) is 3.79. The average molecular weight is 195 g/mol. The molecule has 0 saturated heterocycles. The number of rotatable bonds is 4. The maximum atomic E-state index is 5.09. The van der Waals surface area contributed by atoms with Gasteiger partial charge in [-0.1, -0.05) is 5.16 Å². The second-order valence-electron chi connectivity index (χ2n) is 2.56. The second-order valence-corrected chi connectivity index (χ2v) is 2.56. The third-order valence-electron chi connectivity index (χ3n) is 1.68. The van der Waals surface area contributed by atoms with Crippen LogP contribution in [0.25, 0.3) is 0 Å². The fourth-order valence-electron chi connectivity index (χ4n) is 1.02. The molecule has 76 valence electrons. The molecule has 0 spiro atoms. The van der Waals surface area contributed by atoms with Gasteiger partial charge in [0.1, 0.15) is 18.6 Å². The molecule has 0 N–H and O–H groups in total. The molecule has 1 aromatic carbocycles. The Morgan fingerprint density at radius 2 is 1.57 bits per heavy atom. The van der Waals surface area contributed by atoms with Crippen molar-refractivity contribution in [2.24, 2.45) is 5.16 Å². The van der Waals surface area contributed by atoms with Crippen LogP contribution in [-0.4, -0.2) is 27.5 Å². The molecule has 0 aromatic heterocycles. The Hall–Kier alpha value is -1.71. The minimum Gasteiger partial charge on any atom is -0.497 e. The predicted octanol–water partition coefficient (Wildman–Crippen LogP) is 1.68. The van der Waals surface area contributed by atoms with Gasteiger partial charge >= 0.3 is 0 Å². The van der Waals surface area contributed by atoms with Crippen molar-refractivity contribution in [3.63, 3.8) is 0 Å². The normalized spacial score (nSPS) is 10.2. The quantitative estimate of drug-likeness (QED) is 0.542. The summed E-state index contributed by atoms with van der Waals surface area (Å²) < 4.78 is 10.2. The maximum absolute atomic E-state index is 5.09. The van der Waals surface area contributed by atoms with Crippen LogP contribution in [-0.2, 0) is 4.84 Å². The Balaban J connectivity index is 2.98. The van der Waals surface area contributed by atoms with Gasteiger partial charge in [-0.25, -0.2) is 0 Å². The van der Waals surface area contributed by atoms with Gasteiger partial charge in [0.25, 0.3) is 0 Å². The lowest BCUT2D eigenvalue weighted by molar-refractivity contribution is 0.215. The van der Waals surface area contributed by atoms with Crippen LogP contribution in [0.4, 0.5) is 0 Å². The monoisotopic (exact) mass is 195 g/mol. The minimum absolute atomic E-state index is 0.724. The van der Waals surface area contributed by atoms with E-state index in [1.54, 1.807) is 26.5 Å². The first-order chi connectivity index (χ1) is 6.80. The summed E-state index contributed by atoms with van der Waals surface area (Å²) in [6.07, 6.45) is 1.59. The van der Waals surface area contributed by atoms with Gasteiger partial charge in [-0.15, -0.1) is 0 Å². The first kappa shape index (κ1) is 10.4. The largest absolute Gasteiger partial charge is 0.497 e. The van der Waals surface area contributed by atoms with Crippen LogP contribution < -0.4 is 9.47 Å². The van der Waals surface area contributed by atoms with Crippen LogP contribution in [0.15, 0.2) is 23.4 Å². The van der Waals surface area contributed by atoms with E-state index in [1.807, 2.05) is 12.1 Å². The van der Waals surface area contributed by atoms with Crippen molar-refractivity contribution in [1.29, 1.82) is 0 Å². The minimum atomic E-state index is 0.724. The standard InChI is InChI=1S/C10H13NO3/c1-12-9-4-8(7-11-14-3)5-10(6-9)13-2/h4-7H,1-3H3/b11-7+. The van der Waals surface area contributed by atoms with Crippen molar-refractivity contribution in [2.75, 3.05) is 21.3 Å². The molecule has 0 heterocycles. The lowest BCUT2D eigenvalue weighted by Gasteiger charge is -2.04. The molecule has 4 nitrogen and oxygen atoms in total. The molecule has 0 bridgehead atoms. The number of oxime groups is 1. The molecule has 0 radical (unpaired) electrons. The zero-order valence-electron chi connectivity index (χ0n) is 8.48. The van der Waals surface area contributed by atoms with Crippen molar-refractivity contribution >= 4 is 6.21 Å². The molecule has 1 aromatic rings. The third-order valence-corrected chi connectivity index (χ3v) is 1.68. The average Bonchev–Trinajstić information content (AvgIpc) is 2.25. The Morgan fingerprint density at radius 3 is 2.00 bits per heavy atom. The van der Waals surface area contributed by atoms with E-state index >= 15 is 0 Å². The number of ether oxygens (including phenoxy) is 2. The van der Waals surface area contributed by atoms with Gasteiger partial charge in [0.05, 0.1) is 20.4 Å². The maximum Gasteiger partial charge on any atom is 0.123 e. The number of benzene rings is 1. The van der Waals surface area contributed by atoms with Gasteiger partial charge in [-0.05, 0) is 12.1 Å². The molecule has 0 atom stereocenters. The van der Waals surface area contributed by atoms with Gasteiger partial charge in [-0.3, -0.25) is 0 Å². The Bertz CT molecular complexity index is 301. The summed E-state index contributed by atoms with van der Waals surface area (Å²) in [5, 5.41) is 3.66. The van der Waals surface area contributed by atoms with Crippen molar-refractivity contribution in [3.05, 3.63) is 23.8 Å². The first-order valence-electron chi connectivity index (χ1n) is 4.09. The van der Waals surface area contributed by atoms with E-state index in [9.17, 15) is 0 Å². The molecule has 14 heavy (non-hydrogen) atoms. The van der Waals surface area contributed by atoms with Gasteiger partial charge in [0.15, 0.2) is 0 Å². The van der Waals surface area contributed by atoms with Crippen molar-refractivity contribution in [1.82, 2.24) is 0 Å². The van der Waals surface area contributed by atoms with Crippen LogP contribution in [0.3, 0.4) is 0 Å². The van der Waals surface area contributed by atoms with E-state index in [1.165, 1.54) is 7.11 Å². The third kappa shape index (κ3) is 2.65. The van der Waals surface area contributed by atoms with Gasteiger partial charge in [0.2, 0.25) is 0 Å². The van der Waals surface area contributed by atoms with E-state index in [4.69, 9.17) is 9.47 Å². The molecule has 0 unspecified atom stereocenters. The summed E-state index contributed by atoms with van der Waals surface area (Å²) in [6, 6.07) is 5.47. The van der Waals surface area contributed by atoms with E-state index in [0.29, 0.717) is 0 Å². The molecular formula is C10H13NO3. The SMILES string of the molecule is CO/N=C/c1cc(OC)cc(OC)c1. The highest BCUT2D eigenvalue weighted by Crippen LogP contribution is 2.21. The first-order valence-corrected chi connectivity index (χ1v) is 4.09. The van der Waals surface area contributed by atoms with Crippen molar-refractivity contribution in [3.8, 4) is 11.5 Å². The molecule has 0 aliphatic carbocycles. The number of hydrogen-bond donors (Lipinski definition) is 0. The highest BCUT2D eigenvalue weighted by atomic mass is 16.6. The Labute approximate surface area is 83.1 Å². The summed E-state index contributed by atoms with van der Waals surface area (Å²) in [5.41, 5.74) is 0.864. The molecule has 0 aliphatic heterocycles. The lowest BCUT2D eigenvalue weighted by atomic mass is 10.2. The lowest BCUT2D eigenvalue weighted by Crippen LogP contribution is -1.90. The molecule has 0 aliphatic rings. The van der Waals surface area contributed by atoms with Crippen LogP contribution in [0.1, 0.15) is 5.56 Å². The van der Waals surface area contributed by atoms with E-state index in [2.05, 4.69) is 9.99 Å². The van der Waals surface area contributed by atoms with Crippen LogP contribution >= 0.6 is 0 Å². The van der Waals surface area contributed by atoms with E-state index in [-0.39, 0.29) is 0 Å². The molecule has 1 rings (SSSR count). The summed E-state index contributed by atoms with van der Waals surface area (Å²) in [5.74, 6) is 1.45. The smallest absolute Gasteiger partial charge is 0.123 e. The van der Waals surface area contributed by atoms with Crippen LogP contribution in [0.5, 0.6) is 11.5 Å². The summed E-state index contributed by atoms with van der Waals surface area (Å²) in [7, 11) is 4.70. The number of hydrogen-bond acceptors (Lipinski definition) is 4. The highest BCUT2D eigenvalue weighted by Gasteiger charge is 1.99. The molecule has 0 fully saturated rings. The summed E-state index contributed by atoms with van der Waals surface area (Å²) in [6.45, 7) is 0. The molecular weight excluding hydrogens is 182 g/mol. The topological polar surface area (TPSA) is 40.0 Å². The summed E-state index contributed by atoms with van der Waals surface area (Å²) in [4.78, 5) is 4.58. The van der Waals surface area contributed by atoms with Gasteiger partial charge < -0.3 is 14.3 Å². The van der Waals surface area contributed by atoms with Crippen LogP contribution in [0, 0.1) is 0 Å². The van der Waals surface area contributed by atoms with Crippen molar-refractivity contribution < 1.29 is 14.3 Å². The Morgan fingerprint density at radius 1 is 1.00 bits per heavy atom. The second kappa shape index (κ2) is 5.11. The molecule has 4 heteroatoms. The van der Waals surface area contributed by atoms with E-state index in [0.717, 1.165) is 17.1 Å². The zero-order valence-corrected chi connectivity index (χ0v) is 8.48. The van der Waals surface area contributed by atoms with Gasteiger partial charge in [-0.2, -0.15) is 0 Å². The fraction of sp³-hybridized carbons (Fsp3) is 0.300. The van der Waals surface area contributed by atoms with Crippen molar-refractivity contribution in [2.45, 2.75) is 0 Å². The zero-order chi connectivity index (χ0) is 10.4. The predicted molar refractivity (Wildman–Crippen MR) is 54.1 cm³/mol. The van der Waals surface area contributed by atoms with E-state index < -0.39 is 0 Å². The highest BCUT2D eigenvalue weighted by molar-refractivity contribution is 5.80. The molecule has 0 saturated carbocycles. The number of methoxy groups -OCH3 is 2. The fourth-order valence-corrected chi connectivity index (χ4v) is 1.02.